The third-order valence-corrected chi connectivity index (χ3v) is 3.90. The molecule has 0 spiro atoms. The zero-order chi connectivity index (χ0) is 13.8. The van der Waals surface area contributed by atoms with Gasteiger partial charge in [0.05, 0.1) is 11.8 Å². The zero-order valence-corrected chi connectivity index (χ0v) is 11.5. The van der Waals surface area contributed by atoms with Crippen LogP contribution in [0.4, 0.5) is 0 Å². The van der Waals surface area contributed by atoms with E-state index < -0.39 is 0 Å². The Labute approximate surface area is 118 Å². The van der Waals surface area contributed by atoms with E-state index in [1.54, 1.807) is 6.26 Å². The van der Waals surface area contributed by atoms with Crippen molar-refractivity contribution < 1.29 is 9.52 Å². The van der Waals surface area contributed by atoms with Gasteiger partial charge in [0.1, 0.15) is 6.26 Å². The van der Waals surface area contributed by atoms with E-state index in [2.05, 4.69) is 10.3 Å². The lowest BCUT2D eigenvalue weighted by molar-refractivity contribution is 0.131. The largest absolute Gasteiger partial charge is 0.444 e. The highest BCUT2D eigenvalue weighted by atomic mass is 16.3. The van der Waals surface area contributed by atoms with Gasteiger partial charge in [0.25, 0.3) is 0 Å². The lowest BCUT2D eigenvalue weighted by Crippen LogP contribution is -2.27. The Balaban J connectivity index is 1.53. The third kappa shape index (κ3) is 3.08. The van der Waals surface area contributed by atoms with Crippen molar-refractivity contribution in [3.63, 3.8) is 0 Å². The Bertz CT molecular complexity index is 538. The summed E-state index contributed by atoms with van der Waals surface area (Å²) in [6, 6.07) is 9.88. The molecule has 3 rings (SSSR count). The summed E-state index contributed by atoms with van der Waals surface area (Å²) in [4.78, 5) is 4.47. The average Bonchev–Trinajstić information content (AvgIpc) is 3.10. The lowest BCUT2D eigenvalue weighted by atomic mass is 10.1. The summed E-state index contributed by atoms with van der Waals surface area (Å²) >= 11 is 0. The first-order valence-corrected chi connectivity index (χ1v) is 7.21. The Hall–Kier alpha value is -1.65. The number of benzene rings is 1. The molecule has 1 heterocycles. The minimum Gasteiger partial charge on any atom is -0.444 e. The molecule has 4 heteroatoms. The first-order valence-electron chi connectivity index (χ1n) is 7.21. The molecular formula is C16H20N2O2. The van der Waals surface area contributed by atoms with Crippen molar-refractivity contribution in [2.45, 2.75) is 31.9 Å². The van der Waals surface area contributed by atoms with E-state index in [1.807, 2.05) is 30.3 Å². The van der Waals surface area contributed by atoms with Crippen LogP contribution >= 0.6 is 0 Å². The van der Waals surface area contributed by atoms with Crippen molar-refractivity contribution >= 4 is 0 Å². The van der Waals surface area contributed by atoms with Crippen LogP contribution in [0.25, 0.3) is 11.5 Å². The number of hydrogen-bond acceptors (Lipinski definition) is 4. The fraction of sp³-hybridized carbons (Fsp3) is 0.438. The molecule has 1 saturated carbocycles. The molecule has 0 aliphatic heterocycles. The van der Waals surface area contributed by atoms with Crippen molar-refractivity contribution in [3.8, 4) is 11.5 Å². The van der Waals surface area contributed by atoms with Crippen LogP contribution in [0.3, 0.4) is 0 Å². The van der Waals surface area contributed by atoms with E-state index in [0.29, 0.717) is 18.4 Å². The van der Waals surface area contributed by atoms with Crippen LogP contribution in [0, 0.1) is 5.92 Å². The predicted octanol–water partition coefficient (Wildman–Crippen LogP) is 2.59. The Kier molecular flexibility index (Phi) is 4.14. The lowest BCUT2D eigenvalue weighted by Gasteiger charge is -2.14. The fourth-order valence-corrected chi connectivity index (χ4v) is 2.74. The minimum absolute atomic E-state index is 0.139. The summed E-state index contributed by atoms with van der Waals surface area (Å²) in [7, 11) is 0. The van der Waals surface area contributed by atoms with Crippen molar-refractivity contribution in [1.82, 2.24) is 10.3 Å². The van der Waals surface area contributed by atoms with Gasteiger partial charge in [-0.2, -0.15) is 0 Å². The molecule has 1 aromatic heterocycles. The quantitative estimate of drug-likeness (QED) is 0.878. The molecule has 4 nitrogen and oxygen atoms in total. The topological polar surface area (TPSA) is 58.3 Å². The van der Waals surface area contributed by atoms with E-state index in [9.17, 15) is 5.11 Å². The van der Waals surface area contributed by atoms with Crippen molar-refractivity contribution in [2.75, 3.05) is 6.54 Å². The number of rotatable bonds is 5. The number of nitrogens with zero attached hydrogens (tertiary/aromatic N) is 1. The van der Waals surface area contributed by atoms with Crippen molar-refractivity contribution in [2.24, 2.45) is 5.92 Å². The highest BCUT2D eigenvalue weighted by molar-refractivity contribution is 5.52. The summed E-state index contributed by atoms with van der Waals surface area (Å²) in [6.45, 7) is 1.52. The SMILES string of the molecule is OC1CCCC1CNCc1coc(-c2ccccc2)n1. The van der Waals surface area contributed by atoms with Gasteiger partial charge >= 0.3 is 0 Å². The second-order valence-corrected chi connectivity index (χ2v) is 5.40. The van der Waals surface area contributed by atoms with Gasteiger partial charge in [-0.3, -0.25) is 0 Å². The maximum Gasteiger partial charge on any atom is 0.226 e. The average molecular weight is 272 g/mol. The number of aromatic nitrogens is 1. The van der Waals surface area contributed by atoms with Crippen LogP contribution in [0.5, 0.6) is 0 Å². The molecule has 2 aromatic rings. The van der Waals surface area contributed by atoms with Gasteiger partial charge in [-0.15, -0.1) is 0 Å². The number of nitrogens with one attached hydrogen (secondary N) is 1. The molecule has 0 saturated heterocycles. The van der Waals surface area contributed by atoms with Gasteiger partial charge in [-0.25, -0.2) is 4.98 Å². The summed E-state index contributed by atoms with van der Waals surface area (Å²) in [5.74, 6) is 1.04. The van der Waals surface area contributed by atoms with E-state index in [4.69, 9.17) is 4.42 Å². The highest BCUT2D eigenvalue weighted by Gasteiger charge is 2.24. The second-order valence-electron chi connectivity index (χ2n) is 5.40. The van der Waals surface area contributed by atoms with Gasteiger partial charge in [-0.1, -0.05) is 24.6 Å². The maximum atomic E-state index is 9.76. The summed E-state index contributed by atoms with van der Waals surface area (Å²) in [5, 5.41) is 13.1. The molecule has 1 aromatic carbocycles. The zero-order valence-electron chi connectivity index (χ0n) is 11.5. The third-order valence-electron chi connectivity index (χ3n) is 3.90. The highest BCUT2D eigenvalue weighted by Crippen LogP contribution is 2.24. The first kappa shape index (κ1) is 13.3. The Morgan fingerprint density at radius 1 is 1.25 bits per heavy atom. The molecule has 20 heavy (non-hydrogen) atoms. The standard InChI is InChI=1S/C16H20N2O2/c19-15-8-4-7-13(15)9-17-10-14-11-20-16(18-14)12-5-2-1-3-6-12/h1-3,5-6,11,13,15,17,19H,4,7-10H2. The van der Waals surface area contributed by atoms with Crippen LogP contribution in [0.15, 0.2) is 41.0 Å². The Morgan fingerprint density at radius 3 is 2.85 bits per heavy atom. The van der Waals surface area contributed by atoms with Gasteiger partial charge in [0, 0.05) is 18.7 Å². The van der Waals surface area contributed by atoms with Crippen molar-refractivity contribution in [3.05, 3.63) is 42.3 Å². The number of hydrogen-bond donors (Lipinski definition) is 2. The molecule has 2 N–H and O–H groups in total. The van der Waals surface area contributed by atoms with Gasteiger partial charge in [0.15, 0.2) is 0 Å². The molecular weight excluding hydrogens is 252 g/mol. The molecule has 2 unspecified atom stereocenters. The molecule has 0 radical (unpaired) electrons. The summed E-state index contributed by atoms with van der Waals surface area (Å²) < 4.78 is 5.49. The molecule has 0 amide bonds. The number of aliphatic hydroxyl groups excluding tert-OH is 1. The molecule has 2 atom stereocenters. The van der Waals surface area contributed by atoms with Crippen LogP contribution in [-0.2, 0) is 6.54 Å². The number of oxazole rings is 1. The monoisotopic (exact) mass is 272 g/mol. The molecule has 1 aliphatic rings. The van der Waals surface area contributed by atoms with Crippen LogP contribution in [-0.4, -0.2) is 22.7 Å². The maximum absolute atomic E-state index is 9.76. The molecule has 0 bridgehead atoms. The Morgan fingerprint density at radius 2 is 2.10 bits per heavy atom. The first-order chi connectivity index (χ1) is 9.83. The smallest absolute Gasteiger partial charge is 0.226 e. The van der Waals surface area contributed by atoms with Crippen LogP contribution in [0.2, 0.25) is 0 Å². The molecule has 106 valence electrons. The van der Waals surface area contributed by atoms with Gasteiger partial charge in [0.2, 0.25) is 5.89 Å². The van der Waals surface area contributed by atoms with Gasteiger partial charge < -0.3 is 14.8 Å². The summed E-state index contributed by atoms with van der Waals surface area (Å²) in [6.07, 6.45) is 4.74. The fourth-order valence-electron chi connectivity index (χ4n) is 2.74. The van der Waals surface area contributed by atoms with Crippen molar-refractivity contribution in [1.29, 1.82) is 0 Å². The van der Waals surface area contributed by atoms with Gasteiger partial charge in [-0.05, 0) is 30.9 Å². The van der Waals surface area contributed by atoms with Crippen LogP contribution in [0.1, 0.15) is 25.0 Å². The van der Waals surface area contributed by atoms with E-state index in [1.165, 1.54) is 0 Å². The van der Waals surface area contributed by atoms with E-state index in [0.717, 1.165) is 37.1 Å². The minimum atomic E-state index is -0.139. The van der Waals surface area contributed by atoms with E-state index >= 15 is 0 Å². The molecule has 1 fully saturated rings. The second kappa shape index (κ2) is 6.20. The normalized spacial score (nSPS) is 22.2. The predicted molar refractivity (Wildman–Crippen MR) is 77.0 cm³/mol. The number of aliphatic hydroxyl groups is 1. The van der Waals surface area contributed by atoms with Crippen LogP contribution < -0.4 is 5.32 Å². The van der Waals surface area contributed by atoms with E-state index in [-0.39, 0.29) is 6.10 Å². The molecule has 1 aliphatic carbocycles. The summed E-state index contributed by atoms with van der Waals surface area (Å²) in [5.41, 5.74) is 1.89.